The van der Waals surface area contributed by atoms with Gasteiger partial charge in [0, 0.05) is 25.2 Å². The number of nitriles is 1. The van der Waals surface area contributed by atoms with Crippen molar-refractivity contribution in [2.75, 3.05) is 18.0 Å². The Kier molecular flexibility index (Phi) is 4.24. The number of benzene rings is 1. The molecule has 0 bridgehead atoms. The molecule has 4 rings (SSSR count). The first-order valence-corrected chi connectivity index (χ1v) is 8.86. The van der Waals surface area contributed by atoms with Crippen LogP contribution in [0.4, 0.5) is 5.82 Å². The van der Waals surface area contributed by atoms with Gasteiger partial charge >= 0.3 is 0 Å². The number of fused-ring (bicyclic) bond motifs is 1. The lowest BCUT2D eigenvalue weighted by atomic mass is 9.98. The van der Waals surface area contributed by atoms with Crippen LogP contribution in [0.3, 0.4) is 0 Å². The summed E-state index contributed by atoms with van der Waals surface area (Å²) in [4.78, 5) is 14.7. The fourth-order valence-electron chi connectivity index (χ4n) is 3.19. The van der Waals surface area contributed by atoms with Crippen LogP contribution >= 0.6 is 23.2 Å². The van der Waals surface area contributed by atoms with Crippen molar-refractivity contribution in [3.8, 4) is 17.5 Å². The highest BCUT2D eigenvalue weighted by atomic mass is 35.5. The average Bonchev–Trinajstić information content (AvgIpc) is 3.05. The number of aromatic amines is 1. The van der Waals surface area contributed by atoms with Gasteiger partial charge in [0.2, 0.25) is 0 Å². The number of nitrogens with one attached hydrogen (secondary N) is 1. The molecule has 0 unspecified atom stereocenters. The molecule has 1 aliphatic heterocycles. The molecule has 0 saturated carbocycles. The van der Waals surface area contributed by atoms with Crippen molar-refractivity contribution < 1.29 is 0 Å². The fourth-order valence-corrected chi connectivity index (χ4v) is 3.51. The van der Waals surface area contributed by atoms with Gasteiger partial charge in [0.15, 0.2) is 0 Å². The summed E-state index contributed by atoms with van der Waals surface area (Å²) in [5.74, 6) is 1.76. The first-order valence-electron chi connectivity index (χ1n) is 8.10. The van der Waals surface area contributed by atoms with Crippen LogP contribution in [0.1, 0.15) is 12.8 Å². The normalized spacial score (nSPS) is 15.5. The molecule has 7 heteroatoms. The Morgan fingerprint density at radius 1 is 1.20 bits per heavy atom. The van der Waals surface area contributed by atoms with Crippen molar-refractivity contribution >= 4 is 40.1 Å². The molecule has 0 spiro atoms. The van der Waals surface area contributed by atoms with Gasteiger partial charge in [-0.25, -0.2) is 9.97 Å². The molecule has 0 atom stereocenters. The van der Waals surface area contributed by atoms with Crippen LogP contribution in [-0.2, 0) is 0 Å². The molecule has 3 heterocycles. The second-order valence-electron chi connectivity index (χ2n) is 6.13. The Balaban J connectivity index is 1.73. The second-order valence-corrected chi connectivity index (χ2v) is 6.95. The molecule has 25 heavy (non-hydrogen) atoms. The zero-order chi connectivity index (χ0) is 17.4. The lowest BCUT2D eigenvalue weighted by Crippen LogP contribution is -2.34. The van der Waals surface area contributed by atoms with E-state index in [1.165, 1.54) is 0 Å². The van der Waals surface area contributed by atoms with Crippen molar-refractivity contribution in [2.45, 2.75) is 12.8 Å². The Morgan fingerprint density at radius 2 is 1.96 bits per heavy atom. The lowest BCUT2D eigenvalue weighted by molar-refractivity contribution is 0.485. The molecule has 0 radical (unpaired) electrons. The first kappa shape index (κ1) is 16.2. The summed E-state index contributed by atoms with van der Waals surface area (Å²) in [6, 6.07) is 9.80. The number of nitrogens with zero attached hydrogens (tertiary/aromatic N) is 4. The molecular weight excluding hydrogens is 357 g/mol. The second kappa shape index (κ2) is 6.55. The molecular formula is C18H15Cl2N5. The SMILES string of the molecule is N#CC1CCN(c2ncccc2-c2nc3cc(Cl)c(Cl)cc3[nH]2)CC1. The standard InChI is InChI=1S/C18H15Cl2N5/c19-13-8-15-16(9-14(13)20)24-17(23-15)12-2-1-5-22-18(12)25-6-3-11(10-21)4-7-25/h1-2,5,8-9,11H,3-4,6-7H2,(H,23,24). The van der Waals surface area contributed by atoms with E-state index in [9.17, 15) is 0 Å². The Bertz CT molecular complexity index is 928. The highest BCUT2D eigenvalue weighted by Crippen LogP contribution is 2.33. The molecule has 0 aliphatic carbocycles. The third-order valence-corrected chi connectivity index (χ3v) is 5.26. The first-order chi connectivity index (χ1) is 12.2. The summed E-state index contributed by atoms with van der Waals surface area (Å²) in [6.45, 7) is 1.64. The number of anilines is 1. The van der Waals surface area contributed by atoms with Gasteiger partial charge in [-0.05, 0) is 37.1 Å². The maximum absolute atomic E-state index is 9.09. The minimum Gasteiger partial charge on any atom is -0.356 e. The van der Waals surface area contributed by atoms with Gasteiger partial charge in [-0.2, -0.15) is 5.26 Å². The number of imidazole rings is 1. The molecule has 2 aromatic heterocycles. The number of piperidine rings is 1. The van der Waals surface area contributed by atoms with Crippen molar-refractivity contribution in [3.63, 3.8) is 0 Å². The van der Waals surface area contributed by atoms with Crippen LogP contribution in [0.25, 0.3) is 22.4 Å². The lowest BCUT2D eigenvalue weighted by Gasteiger charge is -2.31. The molecule has 1 N–H and O–H groups in total. The van der Waals surface area contributed by atoms with E-state index in [4.69, 9.17) is 28.5 Å². The zero-order valence-corrected chi connectivity index (χ0v) is 14.8. The molecule has 1 aliphatic rings. The van der Waals surface area contributed by atoms with Crippen LogP contribution in [0.5, 0.6) is 0 Å². The minimum absolute atomic E-state index is 0.138. The average molecular weight is 372 g/mol. The number of halogens is 2. The third-order valence-electron chi connectivity index (χ3n) is 4.54. The molecule has 1 aromatic carbocycles. The van der Waals surface area contributed by atoms with E-state index in [1.54, 1.807) is 18.3 Å². The van der Waals surface area contributed by atoms with Gasteiger partial charge in [-0.3, -0.25) is 0 Å². The summed E-state index contributed by atoms with van der Waals surface area (Å²) >= 11 is 12.2. The highest BCUT2D eigenvalue weighted by molar-refractivity contribution is 6.42. The molecule has 3 aromatic rings. The van der Waals surface area contributed by atoms with Gasteiger partial charge in [0.25, 0.3) is 0 Å². The van der Waals surface area contributed by atoms with Crippen molar-refractivity contribution in [1.82, 2.24) is 15.0 Å². The Labute approximate surface area is 155 Å². The van der Waals surface area contributed by atoms with E-state index < -0.39 is 0 Å². The topological polar surface area (TPSA) is 68.6 Å². The third kappa shape index (κ3) is 3.04. The van der Waals surface area contributed by atoms with E-state index in [2.05, 4.69) is 25.9 Å². The van der Waals surface area contributed by atoms with Crippen molar-refractivity contribution in [2.24, 2.45) is 5.92 Å². The Hall–Kier alpha value is -2.29. The highest BCUT2D eigenvalue weighted by Gasteiger charge is 2.23. The van der Waals surface area contributed by atoms with Gasteiger partial charge in [-0.1, -0.05) is 23.2 Å². The van der Waals surface area contributed by atoms with E-state index in [0.29, 0.717) is 10.0 Å². The van der Waals surface area contributed by atoms with E-state index >= 15 is 0 Å². The summed E-state index contributed by atoms with van der Waals surface area (Å²) in [5, 5.41) is 10.1. The maximum Gasteiger partial charge on any atom is 0.142 e. The van der Waals surface area contributed by atoms with Crippen LogP contribution in [0.2, 0.25) is 10.0 Å². The van der Waals surface area contributed by atoms with E-state index in [0.717, 1.165) is 54.2 Å². The molecule has 5 nitrogen and oxygen atoms in total. The number of aromatic nitrogens is 3. The van der Waals surface area contributed by atoms with Gasteiger partial charge in [0.05, 0.1) is 32.7 Å². The quantitative estimate of drug-likeness (QED) is 0.710. The summed E-state index contributed by atoms with van der Waals surface area (Å²) in [7, 11) is 0. The van der Waals surface area contributed by atoms with Gasteiger partial charge in [-0.15, -0.1) is 0 Å². The zero-order valence-electron chi connectivity index (χ0n) is 13.3. The van der Waals surface area contributed by atoms with Crippen molar-refractivity contribution in [1.29, 1.82) is 5.26 Å². The van der Waals surface area contributed by atoms with Crippen LogP contribution in [0, 0.1) is 17.2 Å². The largest absolute Gasteiger partial charge is 0.356 e. The van der Waals surface area contributed by atoms with Gasteiger partial charge < -0.3 is 9.88 Å². The Morgan fingerprint density at radius 3 is 2.72 bits per heavy atom. The predicted molar refractivity (Wildman–Crippen MR) is 99.9 cm³/mol. The fraction of sp³-hybridized carbons (Fsp3) is 0.278. The molecule has 1 saturated heterocycles. The molecule has 1 fully saturated rings. The molecule has 126 valence electrons. The summed E-state index contributed by atoms with van der Waals surface area (Å²) in [5.41, 5.74) is 2.53. The number of rotatable bonds is 2. The predicted octanol–water partition coefficient (Wildman–Crippen LogP) is 4.67. The monoisotopic (exact) mass is 371 g/mol. The summed E-state index contributed by atoms with van der Waals surface area (Å²) in [6.07, 6.45) is 3.50. The number of hydrogen-bond acceptors (Lipinski definition) is 4. The number of hydrogen-bond donors (Lipinski definition) is 1. The smallest absolute Gasteiger partial charge is 0.142 e. The van der Waals surface area contributed by atoms with E-state index in [1.807, 2.05) is 12.1 Å². The number of pyridine rings is 1. The minimum atomic E-state index is 0.138. The van der Waals surface area contributed by atoms with Crippen LogP contribution in [0.15, 0.2) is 30.5 Å². The molecule has 0 amide bonds. The maximum atomic E-state index is 9.09. The van der Waals surface area contributed by atoms with Crippen molar-refractivity contribution in [3.05, 3.63) is 40.5 Å². The summed E-state index contributed by atoms with van der Waals surface area (Å²) < 4.78 is 0. The van der Waals surface area contributed by atoms with Crippen LogP contribution in [-0.4, -0.2) is 28.0 Å². The van der Waals surface area contributed by atoms with E-state index in [-0.39, 0.29) is 5.92 Å². The van der Waals surface area contributed by atoms with Gasteiger partial charge in [0.1, 0.15) is 11.6 Å². The number of H-pyrrole nitrogens is 1. The van der Waals surface area contributed by atoms with Crippen LogP contribution < -0.4 is 4.90 Å².